The van der Waals surface area contributed by atoms with Crippen molar-refractivity contribution >= 4 is 10.9 Å². The van der Waals surface area contributed by atoms with E-state index in [0.29, 0.717) is 0 Å². The third kappa shape index (κ3) is 1.31. The molecule has 1 N–H and O–H groups in total. The molecule has 1 aromatic carbocycles. The summed E-state index contributed by atoms with van der Waals surface area (Å²) in [6, 6.07) is 5.30. The Kier molecular flexibility index (Phi) is 1.88. The zero-order valence-corrected chi connectivity index (χ0v) is 8.69. The molecule has 0 fully saturated rings. The maximum atomic E-state index is 13.7. The predicted octanol–water partition coefficient (Wildman–Crippen LogP) is 3.60. The Morgan fingerprint density at radius 3 is 2.50 bits per heavy atom. The van der Waals surface area contributed by atoms with Gasteiger partial charge in [-0.3, -0.25) is 0 Å². The summed E-state index contributed by atoms with van der Waals surface area (Å²) >= 11 is 0. The number of halogens is 1. The van der Waals surface area contributed by atoms with E-state index in [9.17, 15) is 4.39 Å². The minimum Gasteiger partial charge on any atom is -0.361 e. The van der Waals surface area contributed by atoms with Crippen LogP contribution in [0.5, 0.6) is 0 Å². The lowest BCUT2D eigenvalue weighted by Gasteiger charge is -2.20. The van der Waals surface area contributed by atoms with Crippen LogP contribution in [0.25, 0.3) is 10.9 Å². The Morgan fingerprint density at radius 2 is 1.86 bits per heavy atom. The highest BCUT2D eigenvalue weighted by atomic mass is 19.1. The Balaban J connectivity index is 2.83. The van der Waals surface area contributed by atoms with Crippen molar-refractivity contribution in [3.8, 4) is 0 Å². The number of aromatic amines is 1. The van der Waals surface area contributed by atoms with E-state index in [-0.39, 0.29) is 11.2 Å². The highest BCUT2D eigenvalue weighted by Crippen LogP contribution is 2.31. The van der Waals surface area contributed by atoms with Gasteiger partial charge in [0.2, 0.25) is 0 Å². The summed E-state index contributed by atoms with van der Waals surface area (Å²) in [5.74, 6) is -0.132. The monoisotopic (exact) mass is 191 g/mol. The zero-order chi connectivity index (χ0) is 10.3. The second-order valence-corrected chi connectivity index (χ2v) is 4.61. The summed E-state index contributed by atoms with van der Waals surface area (Å²) in [6.45, 7) is 6.06. The number of aromatic nitrogens is 1. The Hall–Kier alpha value is -1.31. The number of nitrogens with one attached hydrogen (secondary N) is 1. The van der Waals surface area contributed by atoms with Gasteiger partial charge in [0.25, 0.3) is 0 Å². The molecule has 0 atom stereocenters. The van der Waals surface area contributed by atoms with E-state index < -0.39 is 0 Å². The van der Waals surface area contributed by atoms with Crippen molar-refractivity contribution in [2.24, 2.45) is 0 Å². The Labute approximate surface area is 82.9 Å². The van der Waals surface area contributed by atoms with Gasteiger partial charge in [0.05, 0.1) is 5.52 Å². The average molecular weight is 191 g/mol. The highest BCUT2D eigenvalue weighted by molar-refractivity contribution is 5.83. The summed E-state index contributed by atoms with van der Waals surface area (Å²) in [5, 5.41) is 1.07. The minimum absolute atomic E-state index is 0.132. The first kappa shape index (κ1) is 9.25. The molecule has 1 heterocycles. The molecule has 0 radical (unpaired) electrons. The first-order valence-electron chi connectivity index (χ1n) is 4.76. The van der Waals surface area contributed by atoms with Crippen LogP contribution < -0.4 is 0 Å². The van der Waals surface area contributed by atoms with Gasteiger partial charge >= 0.3 is 0 Å². The van der Waals surface area contributed by atoms with Crippen molar-refractivity contribution in [3.63, 3.8) is 0 Å². The van der Waals surface area contributed by atoms with Gasteiger partial charge in [-0.05, 0) is 29.0 Å². The molecule has 0 aliphatic rings. The summed E-state index contributed by atoms with van der Waals surface area (Å²) in [7, 11) is 0. The number of hydrogen-bond acceptors (Lipinski definition) is 0. The standard InChI is InChI=1S/C12H14FN/c1-12(2,3)10-9(13)5-4-8-6-7-14-11(8)10/h4-7,14H,1-3H3. The van der Waals surface area contributed by atoms with E-state index in [0.717, 1.165) is 16.5 Å². The third-order valence-electron chi connectivity index (χ3n) is 2.43. The zero-order valence-electron chi connectivity index (χ0n) is 8.69. The Morgan fingerprint density at radius 1 is 1.14 bits per heavy atom. The maximum Gasteiger partial charge on any atom is 0.129 e. The van der Waals surface area contributed by atoms with Crippen LogP contribution in [0.4, 0.5) is 4.39 Å². The molecule has 0 bridgehead atoms. The molecular formula is C12H14FN. The predicted molar refractivity (Wildman–Crippen MR) is 57.0 cm³/mol. The summed E-state index contributed by atoms with van der Waals surface area (Å²) < 4.78 is 13.7. The molecule has 0 aliphatic carbocycles. The summed E-state index contributed by atoms with van der Waals surface area (Å²) in [4.78, 5) is 3.10. The minimum atomic E-state index is -0.172. The fourth-order valence-electron chi connectivity index (χ4n) is 1.84. The van der Waals surface area contributed by atoms with Gasteiger partial charge < -0.3 is 4.98 Å². The maximum absolute atomic E-state index is 13.7. The van der Waals surface area contributed by atoms with Gasteiger partial charge in [-0.2, -0.15) is 0 Å². The van der Waals surface area contributed by atoms with Gasteiger partial charge in [0.1, 0.15) is 5.82 Å². The van der Waals surface area contributed by atoms with Crippen LogP contribution in [-0.4, -0.2) is 4.98 Å². The van der Waals surface area contributed by atoms with E-state index in [1.54, 1.807) is 6.07 Å². The number of fused-ring (bicyclic) bond motifs is 1. The van der Waals surface area contributed by atoms with E-state index in [2.05, 4.69) is 4.98 Å². The van der Waals surface area contributed by atoms with E-state index in [1.807, 2.05) is 33.0 Å². The average Bonchev–Trinajstić information content (AvgIpc) is 2.48. The van der Waals surface area contributed by atoms with Crippen molar-refractivity contribution in [3.05, 3.63) is 35.8 Å². The highest BCUT2D eigenvalue weighted by Gasteiger charge is 2.21. The fourth-order valence-corrected chi connectivity index (χ4v) is 1.84. The lowest BCUT2D eigenvalue weighted by atomic mass is 9.85. The summed E-state index contributed by atoms with van der Waals surface area (Å²) in [6.07, 6.45) is 1.85. The van der Waals surface area contributed by atoms with Crippen LogP contribution >= 0.6 is 0 Å². The van der Waals surface area contributed by atoms with Gasteiger partial charge in [-0.1, -0.05) is 20.8 Å². The topological polar surface area (TPSA) is 15.8 Å². The number of hydrogen-bond donors (Lipinski definition) is 1. The number of benzene rings is 1. The van der Waals surface area contributed by atoms with Crippen molar-refractivity contribution in [1.82, 2.24) is 4.98 Å². The molecule has 2 aromatic rings. The molecule has 0 saturated heterocycles. The molecule has 0 spiro atoms. The van der Waals surface area contributed by atoms with Crippen LogP contribution in [0, 0.1) is 5.82 Å². The SMILES string of the molecule is CC(C)(C)c1c(F)ccc2cc[nH]c12. The lowest BCUT2D eigenvalue weighted by Crippen LogP contribution is -2.14. The van der Waals surface area contributed by atoms with Gasteiger partial charge in [0, 0.05) is 11.8 Å². The van der Waals surface area contributed by atoms with Crippen molar-refractivity contribution in [2.45, 2.75) is 26.2 Å². The lowest BCUT2D eigenvalue weighted by molar-refractivity contribution is 0.528. The van der Waals surface area contributed by atoms with Crippen LogP contribution in [-0.2, 0) is 5.41 Å². The largest absolute Gasteiger partial charge is 0.361 e. The molecule has 74 valence electrons. The molecule has 2 heteroatoms. The van der Waals surface area contributed by atoms with E-state index in [1.165, 1.54) is 6.07 Å². The summed E-state index contributed by atoms with van der Waals surface area (Å²) in [5.41, 5.74) is 1.51. The molecule has 2 rings (SSSR count). The van der Waals surface area contributed by atoms with Crippen molar-refractivity contribution in [2.75, 3.05) is 0 Å². The van der Waals surface area contributed by atoms with Crippen molar-refractivity contribution in [1.29, 1.82) is 0 Å². The number of rotatable bonds is 0. The third-order valence-corrected chi connectivity index (χ3v) is 2.43. The first-order chi connectivity index (χ1) is 6.50. The molecule has 0 aliphatic heterocycles. The molecule has 0 unspecified atom stereocenters. The molecule has 0 amide bonds. The second-order valence-electron chi connectivity index (χ2n) is 4.61. The normalized spacial score (nSPS) is 12.3. The van der Waals surface area contributed by atoms with E-state index >= 15 is 0 Å². The fraction of sp³-hybridized carbons (Fsp3) is 0.333. The van der Waals surface area contributed by atoms with Crippen LogP contribution in [0.2, 0.25) is 0 Å². The van der Waals surface area contributed by atoms with Crippen LogP contribution in [0.3, 0.4) is 0 Å². The van der Waals surface area contributed by atoms with Crippen LogP contribution in [0.15, 0.2) is 24.4 Å². The molecule has 1 nitrogen and oxygen atoms in total. The molecule has 1 aromatic heterocycles. The van der Waals surface area contributed by atoms with E-state index in [4.69, 9.17) is 0 Å². The molecule has 14 heavy (non-hydrogen) atoms. The smallest absolute Gasteiger partial charge is 0.129 e. The second kappa shape index (κ2) is 2.84. The number of H-pyrrole nitrogens is 1. The molecule has 0 saturated carbocycles. The quantitative estimate of drug-likeness (QED) is 0.654. The van der Waals surface area contributed by atoms with Crippen molar-refractivity contribution < 1.29 is 4.39 Å². The van der Waals surface area contributed by atoms with Gasteiger partial charge in [-0.15, -0.1) is 0 Å². The Bertz CT molecular complexity index is 463. The molecular weight excluding hydrogens is 177 g/mol. The first-order valence-corrected chi connectivity index (χ1v) is 4.76. The van der Waals surface area contributed by atoms with Gasteiger partial charge in [-0.25, -0.2) is 4.39 Å². The van der Waals surface area contributed by atoms with Crippen LogP contribution in [0.1, 0.15) is 26.3 Å². The van der Waals surface area contributed by atoms with Gasteiger partial charge in [0.15, 0.2) is 0 Å².